The first kappa shape index (κ1) is 15.6. The van der Waals surface area contributed by atoms with Crippen molar-refractivity contribution in [1.82, 2.24) is 0 Å². The lowest BCUT2D eigenvalue weighted by molar-refractivity contribution is 0.0779. The Kier molecular flexibility index (Phi) is 12.4. The summed E-state index contributed by atoms with van der Waals surface area (Å²) in [5, 5.41) is 0. The van der Waals surface area contributed by atoms with Crippen LogP contribution in [-0.4, -0.2) is 31.4 Å². The number of carbonyl (C=O) groups excluding carboxylic acids is 1. The summed E-state index contributed by atoms with van der Waals surface area (Å²) in [6.07, 6.45) is 7.40. The molecule has 0 rings (SSSR count). The molecule has 0 aliphatic carbocycles. The first-order valence-corrected chi connectivity index (χ1v) is 7.25. The van der Waals surface area contributed by atoms with Crippen molar-refractivity contribution in [1.29, 1.82) is 0 Å². The van der Waals surface area contributed by atoms with Crippen molar-refractivity contribution >= 4 is 17.9 Å². The topological polar surface area (TPSA) is 35.5 Å². The molecular formula is C12H24O3S. The summed E-state index contributed by atoms with van der Waals surface area (Å²) in [4.78, 5) is 10.6. The van der Waals surface area contributed by atoms with Crippen molar-refractivity contribution in [3.63, 3.8) is 0 Å². The van der Waals surface area contributed by atoms with E-state index in [1.54, 1.807) is 0 Å². The van der Waals surface area contributed by atoms with E-state index in [1.807, 2.05) is 11.8 Å². The highest BCUT2D eigenvalue weighted by Gasteiger charge is 1.98. The van der Waals surface area contributed by atoms with Crippen molar-refractivity contribution in [2.45, 2.75) is 45.4 Å². The van der Waals surface area contributed by atoms with Gasteiger partial charge in [-0.25, -0.2) is 4.79 Å². The van der Waals surface area contributed by atoms with E-state index in [-0.39, 0.29) is 0 Å². The number of hydrogen-bond acceptors (Lipinski definition) is 4. The van der Waals surface area contributed by atoms with Crippen LogP contribution in [0, 0.1) is 0 Å². The van der Waals surface area contributed by atoms with Crippen LogP contribution in [0.2, 0.25) is 0 Å². The van der Waals surface area contributed by atoms with E-state index in [2.05, 4.69) is 11.7 Å². The van der Waals surface area contributed by atoms with Gasteiger partial charge in [-0.1, -0.05) is 39.0 Å². The Hall–Kier alpha value is -0.380. The monoisotopic (exact) mass is 248 g/mol. The second kappa shape index (κ2) is 12.7. The summed E-state index contributed by atoms with van der Waals surface area (Å²) in [7, 11) is 1.33. The highest BCUT2D eigenvalue weighted by atomic mass is 32.2. The Morgan fingerprint density at radius 3 is 2.44 bits per heavy atom. The van der Waals surface area contributed by atoms with Crippen molar-refractivity contribution in [3.05, 3.63) is 0 Å². The van der Waals surface area contributed by atoms with Gasteiger partial charge in [0, 0.05) is 5.75 Å². The molecule has 16 heavy (non-hydrogen) atoms. The average Bonchev–Trinajstić information content (AvgIpc) is 2.31. The minimum atomic E-state index is -0.583. The highest BCUT2D eigenvalue weighted by molar-refractivity contribution is 7.99. The minimum Gasteiger partial charge on any atom is -0.438 e. The van der Waals surface area contributed by atoms with E-state index in [1.165, 1.54) is 45.6 Å². The minimum absolute atomic E-state index is 0.452. The standard InChI is InChI=1S/C12H24O3S/c1-3-4-5-6-7-8-10-16-11-9-15-12(13)14-2/h3-11H2,1-2H3. The number of hydrogen-bond donors (Lipinski definition) is 0. The molecule has 0 saturated heterocycles. The fourth-order valence-corrected chi connectivity index (χ4v) is 2.14. The van der Waals surface area contributed by atoms with Crippen LogP contribution in [0.4, 0.5) is 4.79 Å². The lowest BCUT2D eigenvalue weighted by Gasteiger charge is -2.03. The van der Waals surface area contributed by atoms with Crippen LogP contribution in [-0.2, 0) is 9.47 Å². The van der Waals surface area contributed by atoms with E-state index >= 15 is 0 Å². The molecule has 0 aliphatic rings. The molecule has 3 nitrogen and oxygen atoms in total. The summed E-state index contributed by atoms with van der Waals surface area (Å²) in [5.74, 6) is 2.03. The number of thioether (sulfide) groups is 1. The molecular weight excluding hydrogens is 224 g/mol. The second-order valence-electron chi connectivity index (χ2n) is 3.68. The molecule has 0 N–H and O–H groups in total. The Labute approximate surface area is 103 Å². The van der Waals surface area contributed by atoms with E-state index in [4.69, 9.17) is 4.74 Å². The van der Waals surface area contributed by atoms with Gasteiger partial charge >= 0.3 is 6.16 Å². The Bertz CT molecular complexity index is 162. The molecule has 0 bridgehead atoms. The van der Waals surface area contributed by atoms with Gasteiger partial charge < -0.3 is 9.47 Å². The van der Waals surface area contributed by atoms with Crippen LogP contribution >= 0.6 is 11.8 Å². The average molecular weight is 248 g/mol. The van der Waals surface area contributed by atoms with Crippen molar-refractivity contribution in [2.75, 3.05) is 25.2 Å². The molecule has 0 amide bonds. The zero-order valence-electron chi connectivity index (χ0n) is 10.5. The van der Waals surface area contributed by atoms with Gasteiger partial charge in [-0.05, 0) is 12.2 Å². The van der Waals surface area contributed by atoms with E-state index in [9.17, 15) is 4.79 Å². The highest BCUT2D eigenvalue weighted by Crippen LogP contribution is 2.09. The maximum Gasteiger partial charge on any atom is 0.508 e. The molecule has 0 saturated carbocycles. The molecule has 0 fully saturated rings. The van der Waals surface area contributed by atoms with Gasteiger partial charge in [-0.15, -0.1) is 0 Å². The number of carbonyl (C=O) groups is 1. The lowest BCUT2D eigenvalue weighted by Crippen LogP contribution is -2.07. The van der Waals surface area contributed by atoms with Gasteiger partial charge in [0.1, 0.15) is 6.61 Å². The third kappa shape index (κ3) is 11.7. The van der Waals surface area contributed by atoms with Gasteiger partial charge in [-0.2, -0.15) is 11.8 Å². The predicted molar refractivity (Wildman–Crippen MR) is 69.1 cm³/mol. The molecule has 0 atom stereocenters. The molecule has 0 aromatic heterocycles. The van der Waals surface area contributed by atoms with Crippen molar-refractivity contribution < 1.29 is 14.3 Å². The molecule has 0 aliphatic heterocycles. The van der Waals surface area contributed by atoms with Crippen LogP contribution in [0.1, 0.15) is 45.4 Å². The predicted octanol–water partition coefficient (Wildman–Crippen LogP) is 3.86. The molecule has 0 radical (unpaired) electrons. The summed E-state index contributed by atoms with van der Waals surface area (Å²) in [6.45, 7) is 2.68. The third-order valence-electron chi connectivity index (χ3n) is 2.26. The molecule has 0 spiro atoms. The van der Waals surface area contributed by atoms with Gasteiger partial charge in [0.05, 0.1) is 7.11 Å². The smallest absolute Gasteiger partial charge is 0.438 e. The second-order valence-corrected chi connectivity index (χ2v) is 4.91. The SMILES string of the molecule is CCCCCCCCSCCOC(=O)OC. The number of methoxy groups -OCH3 is 1. The Balaban J connectivity index is 2.96. The summed E-state index contributed by atoms with van der Waals surface area (Å²) in [6, 6.07) is 0. The molecule has 0 heterocycles. The fraction of sp³-hybridized carbons (Fsp3) is 0.917. The molecule has 96 valence electrons. The van der Waals surface area contributed by atoms with Crippen LogP contribution in [0.3, 0.4) is 0 Å². The van der Waals surface area contributed by atoms with Gasteiger partial charge in [0.15, 0.2) is 0 Å². The molecule has 0 aromatic carbocycles. The van der Waals surface area contributed by atoms with Crippen LogP contribution in [0.25, 0.3) is 0 Å². The number of rotatable bonds is 10. The van der Waals surface area contributed by atoms with E-state index in [0.717, 1.165) is 11.5 Å². The fourth-order valence-electron chi connectivity index (χ4n) is 1.33. The van der Waals surface area contributed by atoms with Crippen molar-refractivity contribution in [2.24, 2.45) is 0 Å². The largest absolute Gasteiger partial charge is 0.508 e. The summed E-state index contributed by atoms with van der Waals surface area (Å²) >= 11 is 1.84. The molecule has 0 aromatic rings. The van der Waals surface area contributed by atoms with Crippen LogP contribution in [0.15, 0.2) is 0 Å². The Morgan fingerprint density at radius 1 is 1.06 bits per heavy atom. The van der Waals surface area contributed by atoms with Crippen LogP contribution < -0.4 is 0 Å². The Morgan fingerprint density at radius 2 is 1.75 bits per heavy atom. The molecule has 4 heteroatoms. The van der Waals surface area contributed by atoms with Crippen molar-refractivity contribution in [3.8, 4) is 0 Å². The molecule has 0 unspecified atom stereocenters. The van der Waals surface area contributed by atoms with E-state index in [0.29, 0.717) is 6.61 Å². The normalized spacial score (nSPS) is 10.1. The van der Waals surface area contributed by atoms with Crippen LogP contribution in [0.5, 0.6) is 0 Å². The van der Waals surface area contributed by atoms with Gasteiger partial charge in [0.2, 0.25) is 0 Å². The zero-order chi connectivity index (χ0) is 12.1. The van der Waals surface area contributed by atoms with Gasteiger partial charge in [-0.3, -0.25) is 0 Å². The number of ether oxygens (including phenoxy) is 2. The maximum absolute atomic E-state index is 10.6. The lowest BCUT2D eigenvalue weighted by atomic mass is 10.1. The summed E-state index contributed by atoms with van der Waals surface area (Å²) in [5.41, 5.74) is 0. The maximum atomic E-state index is 10.6. The first-order valence-electron chi connectivity index (χ1n) is 6.09. The van der Waals surface area contributed by atoms with E-state index < -0.39 is 6.16 Å². The summed E-state index contributed by atoms with van der Waals surface area (Å²) < 4.78 is 9.13. The third-order valence-corrected chi connectivity index (χ3v) is 3.29. The van der Waals surface area contributed by atoms with Gasteiger partial charge in [0.25, 0.3) is 0 Å². The zero-order valence-corrected chi connectivity index (χ0v) is 11.3. The number of unbranched alkanes of at least 4 members (excludes halogenated alkanes) is 5. The quantitative estimate of drug-likeness (QED) is 0.434. The first-order chi connectivity index (χ1) is 7.81.